The highest BCUT2D eigenvalue weighted by Gasteiger charge is 1.94. The quantitative estimate of drug-likeness (QED) is 0.758. The zero-order valence-electron chi connectivity index (χ0n) is 8.66. The zero-order chi connectivity index (χ0) is 10.4. The van der Waals surface area contributed by atoms with E-state index in [0.29, 0.717) is 0 Å². The van der Waals surface area contributed by atoms with Crippen LogP contribution in [0.25, 0.3) is 0 Å². The summed E-state index contributed by atoms with van der Waals surface area (Å²) in [6.07, 6.45) is 0. The van der Waals surface area contributed by atoms with Crippen LogP contribution < -0.4 is 0 Å². The van der Waals surface area contributed by atoms with Gasteiger partial charge < -0.3 is 4.90 Å². The van der Waals surface area contributed by atoms with Gasteiger partial charge in [0.2, 0.25) is 0 Å². The van der Waals surface area contributed by atoms with Gasteiger partial charge in [-0.3, -0.25) is 0 Å². The number of halogens is 1. The van der Waals surface area contributed by atoms with E-state index in [0.717, 1.165) is 16.8 Å². The molecular weight excluding hydrogens is 258 g/mol. The predicted octanol–water partition coefficient (Wildman–Crippen LogP) is 3.24. The van der Waals surface area contributed by atoms with E-state index in [9.17, 15) is 0 Å². The van der Waals surface area contributed by atoms with E-state index in [1.54, 1.807) is 0 Å². The molecule has 0 amide bonds. The molecule has 0 aromatic heterocycles. The molecule has 0 unspecified atom stereocenters. The molecule has 0 N–H and O–H groups in total. The molecule has 0 aliphatic rings. The SMILES string of the molecule is CN(C)CCSCc1ccc(Br)cc1. The van der Waals surface area contributed by atoms with E-state index >= 15 is 0 Å². The third-order valence-corrected chi connectivity index (χ3v) is 3.40. The van der Waals surface area contributed by atoms with Crippen LogP contribution in [0.2, 0.25) is 0 Å². The van der Waals surface area contributed by atoms with Crippen LogP contribution in [0, 0.1) is 0 Å². The van der Waals surface area contributed by atoms with Crippen molar-refractivity contribution >= 4 is 27.7 Å². The maximum absolute atomic E-state index is 3.43. The molecule has 1 aromatic rings. The van der Waals surface area contributed by atoms with Crippen molar-refractivity contribution < 1.29 is 0 Å². The fourth-order valence-corrected chi connectivity index (χ4v) is 2.35. The van der Waals surface area contributed by atoms with Gasteiger partial charge in [-0.2, -0.15) is 11.8 Å². The summed E-state index contributed by atoms with van der Waals surface area (Å²) in [5.74, 6) is 2.31. The second kappa shape index (κ2) is 6.49. The Labute approximate surface area is 99.0 Å². The highest BCUT2D eigenvalue weighted by atomic mass is 79.9. The van der Waals surface area contributed by atoms with Gasteiger partial charge in [0, 0.05) is 22.5 Å². The van der Waals surface area contributed by atoms with Gasteiger partial charge in [-0.25, -0.2) is 0 Å². The molecule has 1 rings (SSSR count). The highest BCUT2D eigenvalue weighted by molar-refractivity contribution is 9.10. The van der Waals surface area contributed by atoms with Crippen molar-refractivity contribution in [3.8, 4) is 0 Å². The van der Waals surface area contributed by atoms with E-state index in [2.05, 4.69) is 59.2 Å². The van der Waals surface area contributed by atoms with E-state index < -0.39 is 0 Å². The molecule has 0 fully saturated rings. The average molecular weight is 274 g/mol. The maximum Gasteiger partial charge on any atom is 0.0185 e. The lowest BCUT2D eigenvalue weighted by Crippen LogP contribution is -2.14. The number of rotatable bonds is 5. The second-order valence-corrected chi connectivity index (χ2v) is 5.50. The van der Waals surface area contributed by atoms with Crippen molar-refractivity contribution in [2.75, 3.05) is 26.4 Å². The Morgan fingerprint density at radius 1 is 1.21 bits per heavy atom. The Bertz CT molecular complexity index is 258. The van der Waals surface area contributed by atoms with Crippen molar-refractivity contribution in [3.63, 3.8) is 0 Å². The summed E-state index contributed by atoms with van der Waals surface area (Å²) in [6, 6.07) is 8.54. The maximum atomic E-state index is 3.43. The van der Waals surface area contributed by atoms with Gasteiger partial charge in [0.1, 0.15) is 0 Å². The summed E-state index contributed by atoms with van der Waals surface area (Å²) < 4.78 is 1.15. The van der Waals surface area contributed by atoms with Crippen LogP contribution in [0.4, 0.5) is 0 Å². The van der Waals surface area contributed by atoms with Crippen LogP contribution in [0.15, 0.2) is 28.7 Å². The topological polar surface area (TPSA) is 3.24 Å². The summed E-state index contributed by atoms with van der Waals surface area (Å²) in [5, 5.41) is 0. The molecule has 78 valence electrons. The fraction of sp³-hybridized carbons (Fsp3) is 0.455. The van der Waals surface area contributed by atoms with Gasteiger partial charge in [-0.15, -0.1) is 0 Å². The number of thioether (sulfide) groups is 1. The Balaban J connectivity index is 2.21. The number of nitrogens with zero attached hydrogens (tertiary/aromatic N) is 1. The smallest absolute Gasteiger partial charge is 0.0185 e. The lowest BCUT2D eigenvalue weighted by molar-refractivity contribution is 0.437. The molecule has 0 radical (unpaired) electrons. The summed E-state index contributed by atoms with van der Waals surface area (Å²) in [4.78, 5) is 2.22. The summed E-state index contributed by atoms with van der Waals surface area (Å²) in [7, 11) is 4.22. The fourth-order valence-electron chi connectivity index (χ4n) is 1.02. The number of hydrogen-bond donors (Lipinski definition) is 0. The first-order chi connectivity index (χ1) is 6.68. The van der Waals surface area contributed by atoms with Crippen LogP contribution in [0.3, 0.4) is 0 Å². The molecule has 0 bridgehead atoms. The lowest BCUT2D eigenvalue weighted by Gasteiger charge is -2.08. The summed E-state index contributed by atoms with van der Waals surface area (Å²) >= 11 is 5.42. The Kier molecular flexibility index (Phi) is 5.60. The molecule has 0 heterocycles. The lowest BCUT2D eigenvalue weighted by atomic mass is 10.2. The van der Waals surface area contributed by atoms with Crippen molar-refractivity contribution in [1.29, 1.82) is 0 Å². The monoisotopic (exact) mass is 273 g/mol. The Hall–Kier alpha value is 0.01000. The van der Waals surface area contributed by atoms with E-state index in [1.165, 1.54) is 11.3 Å². The molecule has 0 aliphatic heterocycles. The van der Waals surface area contributed by atoms with Gasteiger partial charge in [0.05, 0.1) is 0 Å². The minimum absolute atomic E-state index is 1.11. The standard InChI is InChI=1S/C11H16BrNS/c1-13(2)7-8-14-9-10-3-5-11(12)6-4-10/h3-6H,7-9H2,1-2H3. The molecule has 1 nitrogen and oxygen atoms in total. The van der Waals surface area contributed by atoms with Crippen LogP contribution in [-0.4, -0.2) is 31.3 Å². The van der Waals surface area contributed by atoms with Gasteiger partial charge in [0.15, 0.2) is 0 Å². The van der Waals surface area contributed by atoms with Crippen molar-refractivity contribution in [1.82, 2.24) is 4.90 Å². The molecule has 0 aliphatic carbocycles. The number of benzene rings is 1. The van der Waals surface area contributed by atoms with Crippen LogP contribution in [0.1, 0.15) is 5.56 Å². The first-order valence-electron chi connectivity index (χ1n) is 4.65. The zero-order valence-corrected chi connectivity index (χ0v) is 11.1. The summed E-state index contributed by atoms with van der Waals surface area (Å²) in [5.41, 5.74) is 1.40. The van der Waals surface area contributed by atoms with Crippen LogP contribution in [-0.2, 0) is 5.75 Å². The minimum Gasteiger partial charge on any atom is -0.309 e. The molecule has 14 heavy (non-hydrogen) atoms. The van der Waals surface area contributed by atoms with Crippen molar-refractivity contribution in [2.45, 2.75) is 5.75 Å². The van der Waals surface area contributed by atoms with Crippen LogP contribution >= 0.6 is 27.7 Å². The Morgan fingerprint density at radius 2 is 1.86 bits per heavy atom. The molecule has 0 saturated heterocycles. The molecule has 3 heteroatoms. The molecule has 0 atom stereocenters. The minimum atomic E-state index is 1.11. The van der Waals surface area contributed by atoms with Crippen molar-refractivity contribution in [2.24, 2.45) is 0 Å². The largest absolute Gasteiger partial charge is 0.309 e. The van der Waals surface area contributed by atoms with Crippen LogP contribution in [0.5, 0.6) is 0 Å². The third-order valence-electron chi connectivity index (χ3n) is 1.86. The molecular formula is C11H16BrNS. The van der Waals surface area contributed by atoms with Gasteiger partial charge in [0.25, 0.3) is 0 Å². The first kappa shape index (κ1) is 12.1. The number of hydrogen-bond acceptors (Lipinski definition) is 2. The third kappa shape index (κ3) is 5.03. The van der Waals surface area contributed by atoms with E-state index in [1.807, 2.05) is 11.8 Å². The van der Waals surface area contributed by atoms with Gasteiger partial charge in [-0.05, 0) is 31.8 Å². The second-order valence-electron chi connectivity index (χ2n) is 3.48. The molecule has 1 aromatic carbocycles. The van der Waals surface area contributed by atoms with Crippen molar-refractivity contribution in [3.05, 3.63) is 34.3 Å². The average Bonchev–Trinajstić information content (AvgIpc) is 2.15. The van der Waals surface area contributed by atoms with Gasteiger partial charge >= 0.3 is 0 Å². The van der Waals surface area contributed by atoms with Gasteiger partial charge in [-0.1, -0.05) is 28.1 Å². The predicted molar refractivity (Wildman–Crippen MR) is 68.9 cm³/mol. The van der Waals surface area contributed by atoms with E-state index in [-0.39, 0.29) is 0 Å². The van der Waals surface area contributed by atoms with E-state index in [4.69, 9.17) is 0 Å². The Morgan fingerprint density at radius 3 is 2.43 bits per heavy atom. The normalized spacial score (nSPS) is 10.9. The molecule has 0 spiro atoms. The highest BCUT2D eigenvalue weighted by Crippen LogP contribution is 2.15. The first-order valence-corrected chi connectivity index (χ1v) is 6.60. The summed E-state index contributed by atoms with van der Waals surface area (Å²) in [6.45, 7) is 1.15. The molecule has 0 saturated carbocycles.